The molecule has 3 aromatic rings. The van der Waals surface area contributed by atoms with Crippen LogP contribution in [0.4, 0.5) is 0 Å². The molecule has 0 aliphatic heterocycles. The van der Waals surface area contributed by atoms with Gasteiger partial charge in [0.25, 0.3) is 0 Å². The van der Waals surface area contributed by atoms with Gasteiger partial charge in [0, 0.05) is 19.4 Å². The highest BCUT2D eigenvalue weighted by Crippen LogP contribution is 2.21. The number of hydrogen-bond donors (Lipinski definition) is 0. The molecular weight excluding hydrogens is 278 g/mol. The number of rotatable bonds is 4. The molecule has 0 saturated carbocycles. The molecule has 0 N–H and O–H groups in total. The Kier molecular flexibility index (Phi) is 3.92. The highest BCUT2D eigenvalue weighted by Gasteiger charge is 2.08. The lowest BCUT2D eigenvalue weighted by atomic mass is 10.1. The molecule has 2 aromatic carbocycles. The van der Waals surface area contributed by atoms with Crippen LogP contribution >= 0.6 is 0 Å². The van der Waals surface area contributed by atoms with Gasteiger partial charge in [0.05, 0.1) is 0 Å². The second-order valence-electron chi connectivity index (χ2n) is 5.32. The van der Waals surface area contributed by atoms with Crippen LogP contribution in [0.5, 0.6) is 5.75 Å². The lowest BCUT2D eigenvalue weighted by molar-refractivity contribution is -0.134. The minimum atomic E-state index is -0.250. The molecule has 22 heavy (non-hydrogen) atoms. The summed E-state index contributed by atoms with van der Waals surface area (Å²) < 4.78 is 10.7. The topological polar surface area (TPSA) is 52.3 Å². The number of carbonyl (C=O) groups is 1. The Balaban J connectivity index is 1.61. The van der Waals surface area contributed by atoms with Crippen LogP contribution < -0.4 is 4.74 Å². The molecule has 0 amide bonds. The second-order valence-corrected chi connectivity index (χ2v) is 5.32. The number of fused-ring (bicyclic) bond motifs is 1. The first-order chi connectivity index (χ1) is 10.6. The predicted molar refractivity (Wildman–Crippen MR) is 83.9 cm³/mol. The molecule has 0 spiro atoms. The summed E-state index contributed by atoms with van der Waals surface area (Å²) in [5.41, 5.74) is 3.73. The minimum Gasteiger partial charge on any atom is -0.441 e. The van der Waals surface area contributed by atoms with Gasteiger partial charge < -0.3 is 9.15 Å². The normalized spacial score (nSPS) is 10.8. The number of esters is 1. The van der Waals surface area contributed by atoms with Gasteiger partial charge in [0.15, 0.2) is 11.5 Å². The number of oxazole rings is 1. The fraction of sp³-hybridized carbons (Fsp3) is 0.222. The van der Waals surface area contributed by atoms with Crippen LogP contribution in [0.15, 0.2) is 46.9 Å². The van der Waals surface area contributed by atoms with Crippen LogP contribution in [-0.2, 0) is 11.2 Å². The van der Waals surface area contributed by atoms with Crippen LogP contribution in [0.25, 0.3) is 11.1 Å². The van der Waals surface area contributed by atoms with E-state index in [-0.39, 0.29) is 5.97 Å². The van der Waals surface area contributed by atoms with Crippen LogP contribution in [0.1, 0.15) is 23.4 Å². The van der Waals surface area contributed by atoms with Crippen molar-refractivity contribution < 1.29 is 13.9 Å². The fourth-order valence-corrected chi connectivity index (χ4v) is 2.27. The summed E-state index contributed by atoms with van der Waals surface area (Å²) >= 11 is 0. The monoisotopic (exact) mass is 295 g/mol. The maximum atomic E-state index is 11.9. The van der Waals surface area contributed by atoms with Gasteiger partial charge in [0.1, 0.15) is 11.3 Å². The van der Waals surface area contributed by atoms with Gasteiger partial charge in [-0.2, -0.15) is 0 Å². The molecule has 0 bridgehead atoms. The molecule has 3 rings (SSSR count). The molecule has 0 saturated heterocycles. The summed E-state index contributed by atoms with van der Waals surface area (Å²) in [5, 5.41) is 0. The lowest BCUT2D eigenvalue weighted by Crippen LogP contribution is -2.09. The van der Waals surface area contributed by atoms with Crippen molar-refractivity contribution in [2.45, 2.75) is 26.7 Å². The highest BCUT2D eigenvalue weighted by atomic mass is 16.5. The van der Waals surface area contributed by atoms with E-state index in [0.717, 1.165) is 5.56 Å². The molecule has 1 aromatic heterocycles. The molecule has 0 atom stereocenters. The molecule has 1 heterocycles. The molecule has 0 unspecified atom stereocenters. The van der Waals surface area contributed by atoms with E-state index < -0.39 is 0 Å². The molecule has 0 fully saturated rings. The molecule has 4 nitrogen and oxygen atoms in total. The van der Waals surface area contributed by atoms with Crippen molar-refractivity contribution >= 4 is 17.1 Å². The predicted octanol–water partition coefficient (Wildman–Crippen LogP) is 3.98. The Labute approximate surface area is 128 Å². The van der Waals surface area contributed by atoms with Crippen molar-refractivity contribution in [3.63, 3.8) is 0 Å². The van der Waals surface area contributed by atoms with E-state index in [1.54, 1.807) is 25.1 Å². The van der Waals surface area contributed by atoms with Gasteiger partial charge >= 0.3 is 5.97 Å². The number of aromatic nitrogens is 1. The van der Waals surface area contributed by atoms with Crippen LogP contribution in [0, 0.1) is 13.8 Å². The summed E-state index contributed by atoms with van der Waals surface area (Å²) in [6, 6.07) is 13.4. The number of aryl methyl sites for hydroxylation is 3. The first kappa shape index (κ1) is 14.3. The fourth-order valence-electron chi connectivity index (χ4n) is 2.27. The maximum absolute atomic E-state index is 11.9. The molecule has 0 radical (unpaired) electrons. The van der Waals surface area contributed by atoms with E-state index in [1.165, 1.54) is 5.56 Å². The summed E-state index contributed by atoms with van der Waals surface area (Å²) in [6.45, 7) is 3.83. The standard InChI is InChI=1S/C18H17NO3/c1-12-3-5-14(6-4-12)7-10-18(20)22-15-8-9-17-16(11-15)19-13(2)21-17/h3-6,8-9,11H,7,10H2,1-2H3. The first-order valence-corrected chi connectivity index (χ1v) is 7.23. The largest absolute Gasteiger partial charge is 0.441 e. The number of carbonyl (C=O) groups excluding carboxylic acids is 1. The number of ether oxygens (including phenoxy) is 1. The van der Waals surface area contributed by atoms with Crippen molar-refractivity contribution in [1.29, 1.82) is 0 Å². The Hall–Kier alpha value is -2.62. The average Bonchev–Trinajstić information content (AvgIpc) is 2.86. The van der Waals surface area contributed by atoms with Gasteiger partial charge in [-0.15, -0.1) is 0 Å². The van der Waals surface area contributed by atoms with Gasteiger partial charge in [0.2, 0.25) is 0 Å². The van der Waals surface area contributed by atoms with Gasteiger partial charge in [-0.25, -0.2) is 4.98 Å². The van der Waals surface area contributed by atoms with E-state index in [0.29, 0.717) is 35.6 Å². The zero-order valence-electron chi connectivity index (χ0n) is 12.6. The summed E-state index contributed by atoms with van der Waals surface area (Å²) in [5.74, 6) is 0.840. The quantitative estimate of drug-likeness (QED) is 0.539. The Morgan fingerprint density at radius 3 is 2.68 bits per heavy atom. The van der Waals surface area contributed by atoms with E-state index in [2.05, 4.69) is 4.98 Å². The van der Waals surface area contributed by atoms with Crippen molar-refractivity contribution in [2.75, 3.05) is 0 Å². The molecule has 4 heteroatoms. The third-order valence-electron chi connectivity index (χ3n) is 3.44. The lowest BCUT2D eigenvalue weighted by Gasteiger charge is -2.04. The van der Waals surface area contributed by atoms with Gasteiger partial charge in [-0.05, 0) is 31.0 Å². The smallest absolute Gasteiger partial charge is 0.311 e. The van der Waals surface area contributed by atoms with Crippen LogP contribution in [0.3, 0.4) is 0 Å². The number of hydrogen-bond acceptors (Lipinski definition) is 4. The number of nitrogens with zero attached hydrogens (tertiary/aromatic N) is 1. The molecule has 0 aliphatic rings. The van der Waals surface area contributed by atoms with E-state index in [9.17, 15) is 4.79 Å². The molecule has 112 valence electrons. The van der Waals surface area contributed by atoms with E-state index in [1.807, 2.05) is 31.2 Å². The summed E-state index contributed by atoms with van der Waals surface area (Å²) in [6.07, 6.45) is 1.02. The highest BCUT2D eigenvalue weighted by molar-refractivity contribution is 5.77. The van der Waals surface area contributed by atoms with Crippen molar-refractivity contribution in [3.8, 4) is 5.75 Å². The van der Waals surface area contributed by atoms with Gasteiger partial charge in [-0.1, -0.05) is 29.8 Å². The SMILES string of the molecule is Cc1ccc(CCC(=O)Oc2ccc3oc(C)nc3c2)cc1. The van der Waals surface area contributed by atoms with Gasteiger partial charge in [-0.3, -0.25) is 4.79 Å². The van der Waals surface area contributed by atoms with Crippen molar-refractivity contribution in [1.82, 2.24) is 4.98 Å². The molecule has 0 aliphatic carbocycles. The summed E-state index contributed by atoms with van der Waals surface area (Å²) in [4.78, 5) is 16.2. The Bertz CT molecular complexity index is 803. The third-order valence-corrected chi connectivity index (χ3v) is 3.44. The zero-order chi connectivity index (χ0) is 15.5. The van der Waals surface area contributed by atoms with E-state index >= 15 is 0 Å². The third kappa shape index (κ3) is 3.34. The minimum absolute atomic E-state index is 0.250. The maximum Gasteiger partial charge on any atom is 0.311 e. The van der Waals surface area contributed by atoms with Crippen molar-refractivity contribution in [2.24, 2.45) is 0 Å². The average molecular weight is 295 g/mol. The van der Waals surface area contributed by atoms with Crippen LogP contribution in [0.2, 0.25) is 0 Å². The van der Waals surface area contributed by atoms with E-state index in [4.69, 9.17) is 9.15 Å². The summed E-state index contributed by atoms with van der Waals surface area (Å²) in [7, 11) is 0. The zero-order valence-corrected chi connectivity index (χ0v) is 12.6. The first-order valence-electron chi connectivity index (χ1n) is 7.23. The molecular formula is C18H17NO3. The Morgan fingerprint density at radius 1 is 1.14 bits per heavy atom. The van der Waals surface area contributed by atoms with Crippen molar-refractivity contribution in [3.05, 3.63) is 59.5 Å². The van der Waals surface area contributed by atoms with Crippen LogP contribution in [-0.4, -0.2) is 11.0 Å². The number of benzene rings is 2. The Morgan fingerprint density at radius 2 is 1.91 bits per heavy atom. The second kappa shape index (κ2) is 6.02.